The largest absolute Gasteiger partial charge is 0.312 e. The van der Waals surface area contributed by atoms with Crippen LogP contribution in [-0.4, -0.2) is 6.54 Å². The summed E-state index contributed by atoms with van der Waals surface area (Å²) in [6.07, 6.45) is 8.29. The highest BCUT2D eigenvalue weighted by molar-refractivity contribution is 5.39. The monoisotopic (exact) mass is 243 g/mol. The Morgan fingerprint density at radius 2 is 2.11 bits per heavy atom. The van der Waals surface area contributed by atoms with Gasteiger partial charge in [-0.3, -0.25) is 0 Å². The van der Waals surface area contributed by atoms with E-state index in [-0.39, 0.29) is 0 Å². The third-order valence-electron chi connectivity index (χ3n) is 5.02. The van der Waals surface area contributed by atoms with Crippen molar-refractivity contribution in [2.45, 2.75) is 57.9 Å². The third kappa shape index (κ3) is 2.21. The first-order valence-corrected chi connectivity index (χ1v) is 7.71. The molecular weight excluding hydrogens is 218 g/mol. The maximum atomic E-state index is 3.55. The van der Waals surface area contributed by atoms with Gasteiger partial charge in [0.2, 0.25) is 0 Å². The fraction of sp³-hybridized carbons (Fsp3) is 0.647. The van der Waals surface area contributed by atoms with Gasteiger partial charge in [-0.05, 0) is 54.3 Å². The van der Waals surface area contributed by atoms with E-state index in [0.717, 1.165) is 24.9 Å². The van der Waals surface area contributed by atoms with Crippen molar-refractivity contribution in [2.75, 3.05) is 6.54 Å². The van der Waals surface area contributed by atoms with E-state index in [1.807, 2.05) is 0 Å². The van der Waals surface area contributed by atoms with E-state index in [4.69, 9.17) is 0 Å². The van der Waals surface area contributed by atoms with Gasteiger partial charge in [0.15, 0.2) is 0 Å². The standard InChI is InChI=1S/C17H25N/c1-2-13-6-3-4-8-15(13)16-9-5-7-14-10-11-18-12-17(14)16/h5,7,9,13,15,18H,2-4,6,8,10-12H2,1H3. The summed E-state index contributed by atoms with van der Waals surface area (Å²) in [6.45, 7) is 4.62. The Bertz CT molecular complexity index is 410. The van der Waals surface area contributed by atoms with Crippen molar-refractivity contribution in [2.24, 2.45) is 5.92 Å². The Labute approximate surface area is 111 Å². The minimum Gasteiger partial charge on any atom is -0.312 e. The van der Waals surface area contributed by atoms with E-state index in [0.29, 0.717) is 0 Å². The zero-order valence-electron chi connectivity index (χ0n) is 11.5. The molecule has 0 amide bonds. The summed E-state index contributed by atoms with van der Waals surface area (Å²) in [5.74, 6) is 1.76. The lowest BCUT2D eigenvalue weighted by Gasteiger charge is -2.34. The van der Waals surface area contributed by atoms with Crippen LogP contribution in [0.2, 0.25) is 0 Å². The predicted molar refractivity (Wildman–Crippen MR) is 76.8 cm³/mol. The summed E-state index contributed by atoms with van der Waals surface area (Å²) in [7, 11) is 0. The number of hydrogen-bond acceptors (Lipinski definition) is 1. The van der Waals surface area contributed by atoms with Crippen molar-refractivity contribution in [3.8, 4) is 0 Å². The summed E-state index contributed by atoms with van der Waals surface area (Å²) in [4.78, 5) is 0. The second kappa shape index (κ2) is 5.44. The second-order valence-electron chi connectivity index (χ2n) is 5.97. The molecule has 0 bridgehead atoms. The zero-order valence-corrected chi connectivity index (χ0v) is 11.5. The van der Waals surface area contributed by atoms with E-state index < -0.39 is 0 Å². The number of nitrogens with one attached hydrogen (secondary N) is 1. The SMILES string of the molecule is CCC1CCCCC1c1cccc2c1CNCC2. The first-order chi connectivity index (χ1) is 8.90. The minimum absolute atomic E-state index is 0.832. The molecule has 0 saturated heterocycles. The Morgan fingerprint density at radius 3 is 3.00 bits per heavy atom. The van der Waals surface area contributed by atoms with Crippen LogP contribution in [0.15, 0.2) is 18.2 Å². The normalized spacial score (nSPS) is 27.8. The molecule has 0 spiro atoms. The Morgan fingerprint density at radius 1 is 1.22 bits per heavy atom. The molecule has 1 aliphatic heterocycles. The quantitative estimate of drug-likeness (QED) is 0.827. The van der Waals surface area contributed by atoms with Crippen LogP contribution in [0.3, 0.4) is 0 Å². The third-order valence-corrected chi connectivity index (χ3v) is 5.02. The molecule has 2 aliphatic rings. The number of benzene rings is 1. The molecule has 98 valence electrons. The molecule has 1 heterocycles. The molecule has 18 heavy (non-hydrogen) atoms. The first-order valence-electron chi connectivity index (χ1n) is 7.71. The lowest BCUT2D eigenvalue weighted by atomic mass is 9.72. The van der Waals surface area contributed by atoms with Gasteiger partial charge in [0.1, 0.15) is 0 Å². The van der Waals surface area contributed by atoms with E-state index >= 15 is 0 Å². The molecule has 0 aromatic heterocycles. The molecule has 1 nitrogen and oxygen atoms in total. The van der Waals surface area contributed by atoms with Crippen molar-refractivity contribution in [1.29, 1.82) is 0 Å². The summed E-state index contributed by atoms with van der Waals surface area (Å²) in [6, 6.07) is 7.04. The van der Waals surface area contributed by atoms with Crippen LogP contribution >= 0.6 is 0 Å². The van der Waals surface area contributed by atoms with Crippen LogP contribution in [-0.2, 0) is 13.0 Å². The molecule has 1 aliphatic carbocycles. The average Bonchev–Trinajstić information content (AvgIpc) is 2.46. The molecule has 3 rings (SSSR count). The fourth-order valence-corrected chi connectivity index (χ4v) is 3.99. The molecule has 0 radical (unpaired) electrons. The van der Waals surface area contributed by atoms with Crippen LogP contribution in [0.25, 0.3) is 0 Å². The van der Waals surface area contributed by atoms with Crippen molar-refractivity contribution >= 4 is 0 Å². The summed E-state index contributed by atoms with van der Waals surface area (Å²) < 4.78 is 0. The van der Waals surface area contributed by atoms with Gasteiger partial charge in [-0.25, -0.2) is 0 Å². The van der Waals surface area contributed by atoms with Gasteiger partial charge in [0.05, 0.1) is 0 Å². The highest BCUT2D eigenvalue weighted by Crippen LogP contribution is 2.41. The van der Waals surface area contributed by atoms with Crippen LogP contribution < -0.4 is 5.32 Å². The van der Waals surface area contributed by atoms with Crippen LogP contribution in [0.5, 0.6) is 0 Å². The van der Waals surface area contributed by atoms with Crippen molar-refractivity contribution in [1.82, 2.24) is 5.32 Å². The highest BCUT2D eigenvalue weighted by atomic mass is 14.9. The fourth-order valence-electron chi connectivity index (χ4n) is 3.99. The molecule has 2 atom stereocenters. The van der Waals surface area contributed by atoms with Crippen molar-refractivity contribution in [3.05, 3.63) is 34.9 Å². The molecule has 1 saturated carbocycles. The number of hydrogen-bond donors (Lipinski definition) is 1. The van der Waals surface area contributed by atoms with E-state index in [1.54, 1.807) is 16.7 Å². The molecule has 1 N–H and O–H groups in total. The Hall–Kier alpha value is -0.820. The van der Waals surface area contributed by atoms with Crippen LogP contribution in [0, 0.1) is 5.92 Å². The smallest absolute Gasteiger partial charge is 0.0211 e. The molecule has 2 unspecified atom stereocenters. The van der Waals surface area contributed by atoms with Gasteiger partial charge in [0.25, 0.3) is 0 Å². The van der Waals surface area contributed by atoms with Crippen LogP contribution in [0.1, 0.15) is 61.6 Å². The predicted octanol–water partition coefficient (Wildman–Crippen LogP) is 4.02. The lowest BCUT2D eigenvalue weighted by molar-refractivity contribution is 0.297. The van der Waals surface area contributed by atoms with Gasteiger partial charge in [-0.1, -0.05) is 44.4 Å². The molecular formula is C17H25N. The maximum Gasteiger partial charge on any atom is 0.0211 e. The Kier molecular flexibility index (Phi) is 3.69. The van der Waals surface area contributed by atoms with Gasteiger partial charge < -0.3 is 5.32 Å². The minimum atomic E-state index is 0.832. The number of fused-ring (bicyclic) bond motifs is 1. The Balaban J connectivity index is 1.95. The highest BCUT2D eigenvalue weighted by Gasteiger charge is 2.27. The lowest BCUT2D eigenvalue weighted by Crippen LogP contribution is -2.27. The van der Waals surface area contributed by atoms with Crippen LogP contribution in [0.4, 0.5) is 0 Å². The topological polar surface area (TPSA) is 12.0 Å². The summed E-state index contributed by atoms with van der Waals surface area (Å²) in [5, 5.41) is 3.55. The van der Waals surface area contributed by atoms with Gasteiger partial charge in [0, 0.05) is 6.54 Å². The molecule has 1 aromatic carbocycles. The van der Waals surface area contributed by atoms with Gasteiger partial charge in [-0.15, -0.1) is 0 Å². The van der Waals surface area contributed by atoms with Gasteiger partial charge >= 0.3 is 0 Å². The van der Waals surface area contributed by atoms with E-state index in [1.165, 1.54) is 38.5 Å². The molecule has 1 aromatic rings. The first kappa shape index (κ1) is 12.2. The summed E-state index contributed by atoms with van der Waals surface area (Å²) in [5.41, 5.74) is 4.91. The molecule has 1 fully saturated rings. The van der Waals surface area contributed by atoms with Gasteiger partial charge in [-0.2, -0.15) is 0 Å². The van der Waals surface area contributed by atoms with Crippen molar-refractivity contribution in [3.63, 3.8) is 0 Å². The maximum absolute atomic E-state index is 3.55. The average molecular weight is 243 g/mol. The summed E-state index contributed by atoms with van der Waals surface area (Å²) >= 11 is 0. The number of rotatable bonds is 2. The van der Waals surface area contributed by atoms with Crippen molar-refractivity contribution < 1.29 is 0 Å². The van der Waals surface area contributed by atoms with E-state index in [9.17, 15) is 0 Å². The zero-order chi connectivity index (χ0) is 12.4. The second-order valence-corrected chi connectivity index (χ2v) is 5.97. The van der Waals surface area contributed by atoms with E-state index in [2.05, 4.69) is 30.4 Å². The molecule has 1 heteroatoms.